The number of hydrogen-bond acceptors (Lipinski definition) is 3. The summed E-state index contributed by atoms with van der Waals surface area (Å²) in [6.45, 7) is 0.595. The Morgan fingerprint density at radius 1 is 1.33 bits per heavy atom. The highest BCUT2D eigenvalue weighted by molar-refractivity contribution is 9.10. The third-order valence-corrected chi connectivity index (χ3v) is 3.02. The SMILES string of the molecule is CNCc1cc(=O)[nH]c(Cc2ccc(Br)cc2)n1. The number of H-pyrrole nitrogens is 1. The Morgan fingerprint density at radius 3 is 2.72 bits per heavy atom. The summed E-state index contributed by atoms with van der Waals surface area (Å²) in [6.07, 6.45) is 0.625. The summed E-state index contributed by atoms with van der Waals surface area (Å²) >= 11 is 3.39. The number of aromatic nitrogens is 2. The zero-order valence-corrected chi connectivity index (χ0v) is 11.6. The molecule has 0 amide bonds. The third kappa shape index (κ3) is 3.51. The van der Waals surface area contributed by atoms with Gasteiger partial charge in [-0.2, -0.15) is 0 Å². The van der Waals surface area contributed by atoms with Gasteiger partial charge in [-0.15, -0.1) is 0 Å². The Morgan fingerprint density at radius 2 is 2.06 bits per heavy atom. The van der Waals surface area contributed by atoms with E-state index in [0.29, 0.717) is 18.8 Å². The first kappa shape index (κ1) is 13.0. The number of halogens is 1. The van der Waals surface area contributed by atoms with Crippen LogP contribution in [0.25, 0.3) is 0 Å². The summed E-state index contributed by atoms with van der Waals surface area (Å²) in [6, 6.07) is 9.49. The van der Waals surface area contributed by atoms with Gasteiger partial charge in [0.25, 0.3) is 5.56 Å². The molecule has 0 aliphatic heterocycles. The van der Waals surface area contributed by atoms with Crippen molar-refractivity contribution in [3.8, 4) is 0 Å². The van der Waals surface area contributed by atoms with E-state index in [1.165, 1.54) is 6.07 Å². The van der Waals surface area contributed by atoms with Crippen LogP contribution in [0.2, 0.25) is 0 Å². The summed E-state index contributed by atoms with van der Waals surface area (Å²) in [7, 11) is 1.83. The van der Waals surface area contributed by atoms with E-state index in [1.807, 2.05) is 31.3 Å². The van der Waals surface area contributed by atoms with Gasteiger partial charge in [-0.1, -0.05) is 28.1 Å². The number of nitrogens with zero attached hydrogens (tertiary/aromatic N) is 1. The van der Waals surface area contributed by atoms with Crippen molar-refractivity contribution in [2.45, 2.75) is 13.0 Å². The lowest BCUT2D eigenvalue weighted by Crippen LogP contribution is -2.16. The van der Waals surface area contributed by atoms with Crippen LogP contribution >= 0.6 is 15.9 Å². The van der Waals surface area contributed by atoms with E-state index in [1.54, 1.807) is 0 Å². The van der Waals surface area contributed by atoms with Crippen molar-refractivity contribution >= 4 is 15.9 Å². The Labute approximate surface area is 114 Å². The lowest BCUT2D eigenvalue weighted by Gasteiger charge is -2.04. The number of aromatic amines is 1. The summed E-state index contributed by atoms with van der Waals surface area (Å²) in [5.74, 6) is 0.690. The molecule has 0 aliphatic rings. The van der Waals surface area contributed by atoms with Crippen molar-refractivity contribution in [1.82, 2.24) is 15.3 Å². The molecule has 0 bridgehead atoms. The molecular weight excluding hydrogens is 294 g/mol. The van der Waals surface area contributed by atoms with Crippen LogP contribution in [0.15, 0.2) is 39.6 Å². The second kappa shape index (κ2) is 5.93. The van der Waals surface area contributed by atoms with E-state index < -0.39 is 0 Å². The predicted octanol–water partition coefficient (Wildman–Crippen LogP) is 1.84. The molecule has 4 nitrogen and oxygen atoms in total. The van der Waals surface area contributed by atoms with Crippen LogP contribution in [0.3, 0.4) is 0 Å². The van der Waals surface area contributed by atoms with Gasteiger partial charge in [0.05, 0.1) is 5.69 Å². The molecule has 0 unspecified atom stereocenters. The maximum absolute atomic E-state index is 11.5. The highest BCUT2D eigenvalue weighted by atomic mass is 79.9. The van der Waals surface area contributed by atoms with Crippen molar-refractivity contribution in [3.63, 3.8) is 0 Å². The average Bonchev–Trinajstić information content (AvgIpc) is 2.32. The largest absolute Gasteiger partial charge is 0.314 e. The lowest BCUT2D eigenvalue weighted by atomic mass is 10.1. The second-order valence-electron chi connectivity index (χ2n) is 4.02. The lowest BCUT2D eigenvalue weighted by molar-refractivity contribution is 0.767. The van der Waals surface area contributed by atoms with Gasteiger partial charge < -0.3 is 10.3 Å². The van der Waals surface area contributed by atoms with Crippen LogP contribution in [-0.4, -0.2) is 17.0 Å². The molecule has 2 rings (SSSR count). The van der Waals surface area contributed by atoms with E-state index in [2.05, 4.69) is 31.2 Å². The molecule has 0 saturated carbocycles. The van der Waals surface area contributed by atoms with E-state index in [4.69, 9.17) is 0 Å². The van der Waals surface area contributed by atoms with Crippen molar-refractivity contribution < 1.29 is 0 Å². The van der Waals surface area contributed by atoms with Crippen LogP contribution in [0.4, 0.5) is 0 Å². The first-order valence-corrected chi connectivity index (χ1v) is 6.45. The molecule has 5 heteroatoms. The number of hydrogen-bond donors (Lipinski definition) is 2. The Hall–Kier alpha value is -1.46. The van der Waals surface area contributed by atoms with Crippen molar-refractivity contribution in [2.75, 3.05) is 7.05 Å². The molecular formula is C13H14BrN3O. The normalized spacial score (nSPS) is 10.6. The van der Waals surface area contributed by atoms with Crippen LogP contribution in [0, 0.1) is 0 Å². The van der Waals surface area contributed by atoms with Gasteiger partial charge >= 0.3 is 0 Å². The fourth-order valence-electron chi connectivity index (χ4n) is 1.71. The molecule has 0 spiro atoms. The highest BCUT2D eigenvalue weighted by Gasteiger charge is 2.02. The molecule has 0 atom stereocenters. The Bertz CT molecular complexity index is 578. The second-order valence-corrected chi connectivity index (χ2v) is 4.93. The van der Waals surface area contributed by atoms with E-state index >= 15 is 0 Å². The number of nitrogens with one attached hydrogen (secondary N) is 2. The summed E-state index contributed by atoms with van der Waals surface area (Å²) in [5.41, 5.74) is 1.76. The average molecular weight is 308 g/mol. The Kier molecular flexibility index (Phi) is 4.28. The van der Waals surface area contributed by atoms with Crippen LogP contribution in [-0.2, 0) is 13.0 Å². The smallest absolute Gasteiger partial charge is 0.251 e. The summed E-state index contributed by atoms with van der Waals surface area (Å²) < 4.78 is 1.04. The van der Waals surface area contributed by atoms with E-state index in [9.17, 15) is 4.79 Å². The predicted molar refractivity (Wildman–Crippen MR) is 74.6 cm³/mol. The topological polar surface area (TPSA) is 57.8 Å². The van der Waals surface area contributed by atoms with Gasteiger partial charge in [0, 0.05) is 23.5 Å². The molecule has 1 aromatic heterocycles. The van der Waals surface area contributed by atoms with Gasteiger partial charge in [-0.25, -0.2) is 4.98 Å². The van der Waals surface area contributed by atoms with Gasteiger partial charge in [-0.05, 0) is 24.7 Å². The zero-order valence-electron chi connectivity index (χ0n) is 10.0. The fraction of sp³-hybridized carbons (Fsp3) is 0.231. The van der Waals surface area contributed by atoms with Crippen molar-refractivity contribution in [3.05, 3.63) is 62.2 Å². The molecule has 18 heavy (non-hydrogen) atoms. The standard InChI is InChI=1S/C13H14BrN3O/c1-15-8-11-7-13(18)17-12(16-11)6-9-2-4-10(14)5-3-9/h2-5,7,15H,6,8H2,1H3,(H,16,17,18). The number of rotatable bonds is 4. The third-order valence-electron chi connectivity index (χ3n) is 2.49. The van der Waals surface area contributed by atoms with E-state index in [0.717, 1.165) is 15.7 Å². The summed E-state index contributed by atoms with van der Waals surface area (Å²) in [5, 5.41) is 2.99. The van der Waals surface area contributed by atoms with Crippen molar-refractivity contribution in [1.29, 1.82) is 0 Å². The van der Waals surface area contributed by atoms with Gasteiger partial charge in [0.15, 0.2) is 0 Å². The van der Waals surface area contributed by atoms with E-state index in [-0.39, 0.29) is 5.56 Å². The highest BCUT2D eigenvalue weighted by Crippen LogP contribution is 2.12. The molecule has 0 fully saturated rings. The molecule has 2 aromatic rings. The van der Waals surface area contributed by atoms with Gasteiger partial charge in [0.2, 0.25) is 0 Å². The fourth-order valence-corrected chi connectivity index (χ4v) is 1.98. The summed E-state index contributed by atoms with van der Waals surface area (Å²) in [4.78, 5) is 18.7. The van der Waals surface area contributed by atoms with Crippen LogP contribution in [0.1, 0.15) is 17.1 Å². The first-order valence-electron chi connectivity index (χ1n) is 5.65. The maximum atomic E-state index is 11.5. The molecule has 2 N–H and O–H groups in total. The molecule has 94 valence electrons. The molecule has 0 radical (unpaired) electrons. The first-order chi connectivity index (χ1) is 8.67. The van der Waals surface area contributed by atoms with Crippen LogP contribution in [0.5, 0.6) is 0 Å². The minimum atomic E-state index is -0.109. The monoisotopic (exact) mass is 307 g/mol. The van der Waals surface area contributed by atoms with Crippen molar-refractivity contribution in [2.24, 2.45) is 0 Å². The number of benzene rings is 1. The maximum Gasteiger partial charge on any atom is 0.251 e. The Balaban J connectivity index is 2.23. The zero-order chi connectivity index (χ0) is 13.0. The molecule has 1 aromatic carbocycles. The minimum absolute atomic E-state index is 0.109. The van der Waals surface area contributed by atoms with Gasteiger partial charge in [-0.3, -0.25) is 4.79 Å². The molecule has 1 heterocycles. The quantitative estimate of drug-likeness (QED) is 0.906. The molecule has 0 saturated heterocycles. The van der Waals surface area contributed by atoms with Gasteiger partial charge in [0.1, 0.15) is 5.82 Å². The minimum Gasteiger partial charge on any atom is -0.314 e. The van der Waals surface area contributed by atoms with Crippen LogP contribution < -0.4 is 10.9 Å². The molecule has 0 aliphatic carbocycles.